The first-order chi connectivity index (χ1) is 17.0. The fourth-order valence-corrected chi connectivity index (χ4v) is 4.48. The van der Waals surface area contributed by atoms with Gasteiger partial charge < -0.3 is 10.1 Å². The first-order valence-electron chi connectivity index (χ1n) is 12.0. The molecule has 180 valence electrons. The third-order valence-electron chi connectivity index (χ3n) is 6.70. The van der Waals surface area contributed by atoms with Gasteiger partial charge in [0.1, 0.15) is 12.4 Å². The molecule has 3 amide bonds. The minimum atomic E-state index is -0.315. The van der Waals surface area contributed by atoms with E-state index < -0.39 is 0 Å². The number of anilines is 1. The van der Waals surface area contributed by atoms with E-state index >= 15 is 0 Å². The Morgan fingerprint density at radius 3 is 2.60 bits per heavy atom. The number of carbonyl (C=O) groups excluding carboxylic acids is 3. The molecule has 8 heteroatoms. The number of imide groups is 1. The van der Waals surface area contributed by atoms with Crippen molar-refractivity contribution in [2.75, 3.05) is 5.32 Å². The highest BCUT2D eigenvalue weighted by Gasteiger charge is 2.28. The summed E-state index contributed by atoms with van der Waals surface area (Å²) in [6, 6.07) is 17.1. The Morgan fingerprint density at radius 2 is 1.86 bits per heavy atom. The highest BCUT2D eigenvalue weighted by molar-refractivity contribution is 6.00. The lowest BCUT2D eigenvalue weighted by molar-refractivity contribution is -0.134. The van der Waals surface area contributed by atoms with Crippen molar-refractivity contribution < 1.29 is 19.1 Å². The number of ether oxygens (including phenoxy) is 1. The average molecular weight is 473 g/mol. The van der Waals surface area contributed by atoms with Crippen molar-refractivity contribution in [2.24, 2.45) is 0 Å². The van der Waals surface area contributed by atoms with Crippen LogP contribution in [0.2, 0.25) is 0 Å². The number of benzene rings is 2. The average Bonchev–Trinajstić information content (AvgIpc) is 3.25. The van der Waals surface area contributed by atoms with Crippen LogP contribution in [0.3, 0.4) is 0 Å². The molecular formula is C27H28N4O4. The predicted molar refractivity (Wildman–Crippen MR) is 130 cm³/mol. The van der Waals surface area contributed by atoms with Gasteiger partial charge in [-0.05, 0) is 48.1 Å². The third-order valence-corrected chi connectivity index (χ3v) is 6.70. The van der Waals surface area contributed by atoms with Gasteiger partial charge in [-0.15, -0.1) is 0 Å². The van der Waals surface area contributed by atoms with Gasteiger partial charge in [0.25, 0.3) is 0 Å². The highest BCUT2D eigenvalue weighted by atomic mass is 16.5. The topological polar surface area (TPSA) is 113 Å². The van der Waals surface area contributed by atoms with Crippen molar-refractivity contribution >= 4 is 23.5 Å². The van der Waals surface area contributed by atoms with Gasteiger partial charge in [-0.1, -0.05) is 42.8 Å². The Morgan fingerprint density at radius 1 is 1.03 bits per heavy atom. The van der Waals surface area contributed by atoms with Crippen LogP contribution < -0.4 is 15.4 Å². The number of rotatable bonds is 8. The zero-order valence-corrected chi connectivity index (χ0v) is 19.4. The number of hydrogen-bond acceptors (Lipinski definition) is 5. The van der Waals surface area contributed by atoms with E-state index in [0.29, 0.717) is 36.9 Å². The number of aromatic amines is 1. The maximum absolute atomic E-state index is 12.4. The molecule has 1 aliphatic carbocycles. The van der Waals surface area contributed by atoms with Gasteiger partial charge in [-0.25, -0.2) is 0 Å². The molecule has 35 heavy (non-hydrogen) atoms. The summed E-state index contributed by atoms with van der Waals surface area (Å²) in [5.41, 5.74) is 3.80. The van der Waals surface area contributed by atoms with E-state index in [1.165, 1.54) is 19.3 Å². The quantitative estimate of drug-likeness (QED) is 0.430. The summed E-state index contributed by atoms with van der Waals surface area (Å²) in [6.07, 6.45) is 4.72. The smallest absolute Gasteiger partial charge is 0.234 e. The number of aromatic nitrogens is 2. The van der Waals surface area contributed by atoms with Crippen molar-refractivity contribution in [3.63, 3.8) is 0 Å². The number of nitrogens with one attached hydrogen (secondary N) is 3. The lowest BCUT2D eigenvalue weighted by Gasteiger charge is -2.23. The van der Waals surface area contributed by atoms with Crippen LogP contribution in [0, 0.1) is 0 Å². The molecule has 1 unspecified atom stereocenters. The van der Waals surface area contributed by atoms with Crippen LogP contribution in [0.15, 0.2) is 54.6 Å². The van der Waals surface area contributed by atoms with E-state index in [2.05, 4.69) is 20.8 Å². The molecule has 1 saturated heterocycles. The molecule has 2 aliphatic rings. The summed E-state index contributed by atoms with van der Waals surface area (Å²) in [5.74, 6) is 0.908. The maximum Gasteiger partial charge on any atom is 0.234 e. The number of piperidine rings is 1. The standard InChI is InChI=1S/C27H28N4O4/c32-25-12-11-22(27(34)29-25)20-6-1-3-18(13-20)16-35-21-9-7-17(8-10-21)14-26(33)28-24-15-23(30-31-24)19-4-2-5-19/h1,3,6-10,13,15,19,22H,2,4-5,11-12,14,16H2,(H,29,32,34)(H2,28,30,31,33). The molecule has 1 aromatic heterocycles. The minimum absolute atomic E-state index is 0.115. The van der Waals surface area contributed by atoms with Gasteiger partial charge in [0.2, 0.25) is 17.7 Å². The number of carbonyl (C=O) groups is 3. The summed E-state index contributed by atoms with van der Waals surface area (Å²) in [6.45, 7) is 0.351. The molecule has 0 bridgehead atoms. The second kappa shape index (κ2) is 10.1. The molecule has 1 aliphatic heterocycles. The van der Waals surface area contributed by atoms with Gasteiger partial charge in [-0.3, -0.25) is 24.8 Å². The van der Waals surface area contributed by atoms with Crippen LogP contribution >= 0.6 is 0 Å². The van der Waals surface area contributed by atoms with Crippen molar-refractivity contribution in [1.29, 1.82) is 0 Å². The largest absolute Gasteiger partial charge is 0.489 e. The molecule has 3 aromatic rings. The van der Waals surface area contributed by atoms with Crippen molar-refractivity contribution in [2.45, 2.75) is 57.0 Å². The zero-order valence-electron chi connectivity index (χ0n) is 19.4. The molecule has 2 aromatic carbocycles. The van der Waals surface area contributed by atoms with E-state index in [9.17, 15) is 14.4 Å². The third kappa shape index (κ3) is 5.59. The van der Waals surface area contributed by atoms with Crippen LogP contribution in [0.1, 0.15) is 66.3 Å². The molecule has 8 nitrogen and oxygen atoms in total. The first kappa shape index (κ1) is 22.8. The second-order valence-electron chi connectivity index (χ2n) is 9.24. The van der Waals surface area contributed by atoms with Crippen LogP contribution in [-0.4, -0.2) is 27.9 Å². The summed E-state index contributed by atoms with van der Waals surface area (Å²) in [4.78, 5) is 36.0. The highest BCUT2D eigenvalue weighted by Crippen LogP contribution is 2.35. The van der Waals surface area contributed by atoms with Gasteiger partial charge in [0, 0.05) is 24.1 Å². The zero-order chi connectivity index (χ0) is 24.2. The maximum atomic E-state index is 12.4. The second-order valence-corrected chi connectivity index (χ2v) is 9.24. The molecular weight excluding hydrogens is 444 g/mol. The molecule has 1 saturated carbocycles. The van der Waals surface area contributed by atoms with Gasteiger partial charge in [-0.2, -0.15) is 5.10 Å². The Labute approximate surface area is 203 Å². The fourth-order valence-electron chi connectivity index (χ4n) is 4.48. The Hall–Kier alpha value is -3.94. The number of amides is 3. The lowest BCUT2D eigenvalue weighted by Crippen LogP contribution is -2.39. The van der Waals surface area contributed by atoms with Crippen molar-refractivity contribution in [3.05, 3.63) is 77.0 Å². The van der Waals surface area contributed by atoms with E-state index in [4.69, 9.17) is 4.74 Å². The first-order valence-corrected chi connectivity index (χ1v) is 12.0. The SMILES string of the molecule is O=C1CCC(c2cccc(COc3ccc(CC(=O)Nc4cc(C5CCC5)[nH]n4)cc3)c2)C(=O)N1. The lowest BCUT2D eigenvalue weighted by atomic mass is 9.83. The normalized spacial score (nSPS) is 18.0. The Bertz CT molecular complexity index is 1230. The molecule has 2 fully saturated rings. The van der Waals surface area contributed by atoms with E-state index in [1.54, 1.807) is 0 Å². The van der Waals surface area contributed by atoms with Crippen molar-refractivity contribution in [1.82, 2.24) is 15.5 Å². The van der Waals surface area contributed by atoms with Crippen LogP contribution in [0.4, 0.5) is 5.82 Å². The van der Waals surface area contributed by atoms with Crippen LogP contribution in [-0.2, 0) is 27.4 Å². The Kier molecular flexibility index (Phi) is 6.61. The van der Waals surface area contributed by atoms with Gasteiger partial charge in [0.05, 0.1) is 12.3 Å². The molecule has 1 atom stereocenters. The summed E-state index contributed by atoms with van der Waals surface area (Å²) in [5, 5.41) is 12.5. The molecule has 5 rings (SSSR count). The molecule has 0 spiro atoms. The monoisotopic (exact) mass is 472 g/mol. The van der Waals surface area contributed by atoms with Gasteiger partial charge in [0.15, 0.2) is 5.82 Å². The molecule has 3 N–H and O–H groups in total. The fraction of sp³-hybridized carbons (Fsp3) is 0.333. The summed E-state index contributed by atoms with van der Waals surface area (Å²) < 4.78 is 5.91. The Balaban J connectivity index is 1.12. The van der Waals surface area contributed by atoms with Crippen LogP contribution in [0.5, 0.6) is 5.75 Å². The minimum Gasteiger partial charge on any atom is -0.489 e. The summed E-state index contributed by atoms with van der Waals surface area (Å²) >= 11 is 0. The molecule has 2 heterocycles. The van der Waals surface area contributed by atoms with E-state index in [1.807, 2.05) is 54.6 Å². The summed E-state index contributed by atoms with van der Waals surface area (Å²) in [7, 11) is 0. The van der Waals surface area contributed by atoms with Gasteiger partial charge >= 0.3 is 0 Å². The van der Waals surface area contributed by atoms with Crippen molar-refractivity contribution in [3.8, 4) is 5.75 Å². The molecule has 0 radical (unpaired) electrons. The number of H-pyrrole nitrogens is 1. The van der Waals surface area contributed by atoms with E-state index in [0.717, 1.165) is 22.4 Å². The van der Waals surface area contributed by atoms with Crippen LogP contribution in [0.25, 0.3) is 0 Å². The number of hydrogen-bond donors (Lipinski definition) is 3. The number of nitrogens with zero attached hydrogens (tertiary/aromatic N) is 1. The van der Waals surface area contributed by atoms with E-state index in [-0.39, 0.29) is 30.1 Å². The predicted octanol–water partition coefficient (Wildman–Crippen LogP) is 3.96.